The fourth-order valence-electron chi connectivity index (χ4n) is 2.78. The van der Waals surface area contributed by atoms with E-state index < -0.39 is 0 Å². The summed E-state index contributed by atoms with van der Waals surface area (Å²) in [5, 5.41) is 12.2. The Morgan fingerprint density at radius 1 is 0.750 bits per heavy atom. The maximum absolute atomic E-state index is 10.0. The fourth-order valence-corrected chi connectivity index (χ4v) is 2.78. The lowest BCUT2D eigenvalue weighted by Crippen LogP contribution is -1.80. The number of benzene rings is 3. The predicted molar refractivity (Wildman–Crippen MR) is 82.9 cm³/mol. The number of aromatic nitrogens is 1. The molecule has 0 saturated carbocycles. The minimum atomic E-state index is 0.293. The second-order valence-corrected chi connectivity index (χ2v) is 4.95. The molecule has 20 heavy (non-hydrogen) atoms. The van der Waals surface area contributed by atoms with E-state index in [0.717, 1.165) is 32.9 Å². The Hall–Kier alpha value is -2.74. The zero-order valence-electron chi connectivity index (χ0n) is 10.8. The van der Waals surface area contributed by atoms with Gasteiger partial charge in [0.25, 0.3) is 0 Å². The SMILES string of the molecule is Oc1cc(-c2ccccc2)c2[nH]c3ccccc3c2c1. The van der Waals surface area contributed by atoms with Crippen LogP contribution in [0.15, 0.2) is 66.7 Å². The molecule has 0 unspecified atom stereocenters. The van der Waals surface area contributed by atoms with Gasteiger partial charge in [0.2, 0.25) is 0 Å². The third kappa shape index (κ3) is 1.58. The van der Waals surface area contributed by atoms with Crippen LogP contribution in [0, 0.1) is 0 Å². The quantitative estimate of drug-likeness (QED) is 0.511. The Bertz CT molecular complexity index is 907. The Morgan fingerprint density at radius 2 is 1.50 bits per heavy atom. The Balaban J connectivity index is 2.16. The van der Waals surface area contributed by atoms with Gasteiger partial charge in [-0.15, -0.1) is 0 Å². The number of phenols is 1. The monoisotopic (exact) mass is 259 g/mol. The van der Waals surface area contributed by atoms with Gasteiger partial charge in [0.05, 0.1) is 5.52 Å². The number of hydrogen-bond donors (Lipinski definition) is 2. The number of aromatic hydroxyl groups is 1. The first-order valence-electron chi connectivity index (χ1n) is 6.62. The van der Waals surface area contributed by atoms with E-state index in [0.29, 0.717) is 5.75 Å². The number of hydrogen-bond acceptors (Lipinski definition) is 1. The summed E-state index contributed by atoms with van der Waals surface area (Å²) in [5.74, 6) is 0.293. The zero-order chi connectivity index (χ0) is 13.5. The second-order valence-electron chi connectivity index (χ2n) is 4.95. The predicted octanol–water partition coefficient (Wildman–Crippen LogP) is 4.69. The molecule has 2 nitrogen and oxygen atoms in total. The first kappa shape index (κ1) is 11.1. The van der Waals surface area contributed by atoms with Gasteiger partial charge in [-0.3, -0.25) is 0 Å². The molecule has 4 rings (SSSR count). The molecule has 0 amide bonds. The third-order valence-electron chi connectivity index (χ3n) is 3.68. The number of para-hydroxylation sites is 1. The standard InChI is InChI=1S/C18H13NO/c20-13-10-15(12-6-2-1-3-7-12)18-16(11-13)14-8-4-5-9-17(14)19-18/h1-11,19-20H. The number of rotatable bonds is 1. The Kier molecular flexibility index (Phi) is 2.30. The van der Waals surface area contributed by atoms with Crippen LogP contribution in [0.4, 0.5) is 0 Å². The summed E-state index contributed by atoms with van der Waals surface area (Å²) in [4.78, 5) is 3.46. The summed E-state index contributed by atoms with van der Waals surface area (Å²) in [5.41, 5.74) is 4.28. The molecule has 0 atom stereocenters. The normalized spacial score (nSPS) is 11.2. The summed E-state index contributed by atoms with van der Waals surface area (Å²) < 4.78 is 0. The van der Waals surface area contributed by atoms with E-state index in [1.807, 2.05) is 42.5 Å². The molecule has 0 aliphatic rings. The van der Waals surface area contributed by atoms with Gasteiger partial charge in [0.15, 0.2) is 0 Å². The maximum atomic E-state index is 10.0. The first-order valence-corrected chi connectivity index (χ1v) is 6.62. The first-order chi connectivity index (χ1) is 9.83. The van der Waals surface area contributed by atoms with E-state index in [1.54, 1.807) is 0 Å². The van der Waals surface area contributed by atoms with Crippen molar-refractivity contribution in [3.63, 3.8) is 0 Å². The van der Waals surface area contributed by atoms with Crippen LogP contribution in [-0.4, -0.2) is 10.1 Å². The fraction of sp³-hybridized carbons (Fsp3) is 0. The number of H-pyrrole nitrogens is 1. The van der Waals surface area contributed by atoms with Gasteiger partial charge in [-0.25, -0.2) is 0 Å². The van der Waals surface area contributed by atoms with Crippen molar-refractivity contribution in [3.05, 3.63) is 66.7 Å². The van der Waals surface area contributed by atoms with Crippen LogP contribution in [0.2, 0.25) is 0 Å². The summed E-state index contributed by atoms with van der Waals surface area (Å²) in [6.45, 7) is 0. The molecule has 3 aromatic carbocycles. The zero-order valence-corrected chi connectivity index (χ0v) is 10.8. The number of fused-ring (bicyclic) bond motifs is 3. The van der Waals surface area contributed by atoms with E-state index >= 15 is 0 Å². The van der Waals surface area contributed by atoms with E-state index in [-0.39, 0.29) is 0 Å². The largest absolute Gasteiger partial charge is 0.508 e. The lowest BCUT2D eigenvalue weighted by atomic mass is 10.0. The average Bonchev–Trinajstić information content (AvgIpc) is 2.86. The van der Waals surface area contributed by atoms with Crippen LogP contribution < -0.4 is 0 Å². The Labute approximate surface area is 116 Å². The maximum Gasteiger partial charge on any atom is 0.116 e. The van der Waals surface area contributed by atoms with Crippen LogP contribution in [0.3, 0.4) is 0 Å². The van der Waals surface area contributed by atoms with Crippen molar-refractivity contribution in [3.8, 4) is 16.9 Å². The van der Waals surface area contributed by atoms with Crippen LogP contribution in [-0.2, 0) is 0 Å². The van der Waals surface area contributed by atoms with E-state index in [4.69, 9.17) is 0 Å². The molecule has 0 spiro atoms. The smallest absolute Gasteiger partial charge is 0.116 e. The van der Waals surface area contributed by atoms with Crippen molar-refractivity contribution in [2.45, 2.75) is 0 Å². The molecule has 1 aromatic heterocycles. The lowest BCUT2D eigenvalue weighted by molar-refractivity contribution is 0.476. The second kappa shape index (κ2) is 4.14. The van der Waals surface area contributed by atoms with Gasteiger partial charge in [-0.2, -0.15) is 0 Å². The molecule has 0 bridgehead atoms. The van der Waals surface area contributed by atoms with Gasteiger partial charge in [-0.1, -0.05) is 48.5 Å². The summed E-state index contributed by atoms with van der Waals surface area (Å²) in [7, 11) is 0. The number of aromatic amines is 1. The van der Waals surface area contributed by atoms with Crippen LogP contribution in [0.1, 0.15) is 0 Å². The average molecular weight is 259 g/mol. The molecule has 0 aliphatic heterocycles. The molecular formula is C18H13NO. The van der Waals surface area contributed by atoms with Gasteiger partial charge in [-0.05, 0) is 23.8 Å². The van der Waals surface area contributed by atoms with Gasteiger partial charge >= 0.3 is 0 Å². The number of nitrogens with one attached hydrogen (secondary N) is 1. The molecular weight excluding hydrogens is 246 g/mol. The third-order valence-corrected chi connectivity index (χ3v) is 3.68. The van der Waals surface area contributed by atoms with E-state index in [2.05, 4.69) is 29.2 Å². The summed E-state index contributed by atoms with van der Waals surface area (Å²) in [6, 6.07) is 21.9. The van der Waals surface area contributed by atoms with Crippen molar-refractivity contribution >= 4 is 21.8 Å². The van der Waals surface area contributed by atoms with Gasteiger partial charge in [0.1, 0.15) is 5.75 Å². The molecule has 2 heteroatoms. The molecule has 0 aliphatic carbocycles. The molecule has 96 valence electrons. The number of phenolic OH excluding ortho intramolecular Hbond substituents is 1. The van der Waals surface area contributed by atoms with E-state index in [9.17, 15) is 5.11 Å². The van der Waals surface area contributed by atoms with Crippen molar-refractivity contribution in [2.24, 2.45) is 0 Å². The molecule has 1 heterocycles. The highest BCUT2D eigenvalue weighted by atomic mass is 16.3. The van der Waals surface area contributed by atoms with Crippen molar-refractivity contribution in [1.82, 2.24) is 4.98 Å². The highest BCUT2D eigenvalue weighted by Crippen LogP contribution is 2.36. The van der Waals surface area contributed by atoms with Gasteiger partial charge in [0, 0.05) is 21.9 Å². The minimum Gasteiger partial charge on any atom is -0.508 e. The van der Waals surface area contributed by atoms with Gasteiger partial charge < -0.3 is 10.1 Å². The molecule has 0 radical (unpaired) electrons. The highest BCUT2D eigenvalue weighted by Gasteiger charge is 2.11. The van der Waals surface area contributed by atoms with E-state index in [1.165, 1.54) is 0 Å². The van der Waals surface area contributed by atoms with Crippen molar-refractivity contribution in [2.75, 3.05) is 0 Å². The Morgan fingerprint density at radius 3 is 2.35 bits per heavy atom. The highest BCUT2D eigenvalue weighted by molar-refractivity contribution is 6.12. The minimum absolute atomic E-state index is 0.293. The van der Waals surface area contributed by atoms with Crippen LogP contribution in [0.5, 0.6) is 5.75 Å². The van der Waals surface area contributed by atoms with Crippen molar-refractivity contribution in [1.29, 1.82) is 0 Å². The molecule has 0 fully saturated rings. The molecule has 4 aromatic rings. The molecule has 2 N–H and O–H groups in total. The summed E-state index contributed by atoms with van der Waals surface area (Å²) in [6.07, 6.45) is 0. The van der Waals surface area contributed by atoms with Crippen LogP contribution >= 0.6 is 0 Å². The molecule has 0 saturated heterocycles. The lowest BCUT2D eigenvalue weighted by Gasteiger charge is -2.05. The van der Waals surface area contributed by atoms with Crippen molar-refractivity contribution < 1.29 is 5.11 Å². The topological polar surface area (TPSA) is 36.0 Å². The summed E-state index contributed by atoms with van der Waals surface area (Å²) >= 11 is 0. The van der Waals surface area contributed by atoms with Crippen LogP contribution in [0.25, 0.3) is 32.9 Å².